The van der Waals surface area contributed by atoms with Gasteiger partial charge in [-0.1, -0.05) is 18.2 Å². The lowest BCUT2D eigenvalue weighted by molar-refractivity contribution is -0.155. The second-order valence-electron chi connectivity index (χ2n) is 12.1. The third-order valence-corrected chi connectivity index (χ3v) is 8.68. The summed E-state index contributed by atoms with van der Waals surface area (Å²) in [6.45, 7) is 6.44. The zero-order valence-electron chi connectivity index (χ0n) is 26.8. The van der Waals surface area contributed by atoms with E-state index in [4.69, 9.17) is 19.4 Å². The molecule has 0 saturated carbocycles. The van der Waals surface area contributed by atoms with Crippen LogP contribution in [-0.4, -0.2) is 82.6 Å². The molecule has 1 amide bonds. The topological polar surface area (TPSA) is 121 Å². The van der Waals surface area contributed by atoms with E-state index in [1.54, 1.807) is 24.4 Å². The molecule has 246 valence electrons. The first-order chi connectivity index (χ1) is 22.8. The SMILES string of the molecule is COCCN1C[C@@H](CC(=O)Cc2c(C)c(-c3cnc(C(=O)N[C@@H]4CCOC4)c(C)c3)nn2-c2ccccc2)[C@H](c2ccnc(F)c2)O1. The van der Waals surface area contributed by atoms with Crippen LogP contribution in [0.3, 0.4) is 0 Å². The molecule has 0 radical (unpaired) electrons. The van der Waals surface area contributed by atoms with Gasteiger partial charge in [0, 0.05) is 63.5 Å². The Balaban J connectivity index is 1.26. The Labute approximate surface area is 273 Å². The molecule has 6 rings (SSSR count). The van der Waals surface area contributed by atoms with Crippen molar-refractivity contribution in [3.05, 3.63) is 95.0 Å². The van der Waals surface area contributed by atoms with E-state index in [-0.39, 0.29) is 36.5 Å². The van der Waals surface area contributed by atoms with Crippen LogP contribution in [0.25, 0.3) is 16.9 Å². The number of Topliss-reactive ketones (excluding diaryl/α,β-unsaturated/α-hetero) is 1. The molecule has 0 bridgehead atoms. The number of ketones is 1. The number of nitrogens with one attached hydrogen (secondary N) is 1. The summed E-state index contributed by atoms with van der Waals surface area (Å²) >= 11 is 0. The molecule has 11 nitrogen and oxygen atoms in total. The van der Waals surface area contributed by atoms with Gasteiger partial charge < -0.3 is 14.8 Å². The van der Waals surface area contributed by atoms with Gasteiger partial charge in [-0.05, 0) is 67.3 Å². The monoisotopic (exact) mass is 642 g/mol. The summed E-state index contributed by atoms with van der Waals surface area (Å²) in [7, 11) is 1.62. The van der Waals surface area contributed by atoms with E-state index in [0.29, 0.717) is 49.9 Å². The summed E-state index contributed by atoms with van der Waals surface area (Å²) in [4.78, 5) is 41.1. The van der Waals surface area contributed by atoms with Crippen LogP contribution in [0.15, 0.2) is 60.9 Å². The lowest BCUT2D eigenvalue weighted by Gasteiger charge is -2.17. The normalized spacial score (nSPS) is 19.7. The Morgan fingerprint density at radius 2 is 1.96 bits per heavy atom. The number of hydrogen-bond donors (Lipinski definition) is 1. The summed E-state index contributed by atoms with van der Waals surface area (Å²) in [6.07, 6.45) is 3.72. The van der Waals surface area contributed by atoms with E-state index in [1.165, 1.54) is 12.3 Å². The number of nitrogens with zero attached hydrogens (tertiary/aromatic N) is 5. The quantitative estimate of drug-likeness (QED) is 0.225. The number of pyridine rings is 2. The molecule has 2 aliphatic rings. The highest BCUT2D eigenvalue weighted by molar-refractivity contribution is 5.94. The first-order valence-corrected chi connectivity index (χ1v) is 15.8. The molecule has 47 heavy (non-hydrogen) atoms. The largest absolute Gasteiger partial charge is 0.383 e. The van der Waals surface area contributed by atoms with Crippen molar-refractivity contribution in [3.63, 3.8) is 0 Å². The van der Waals surface area contributed by atoms with Crippen molar-refractivity contribution in [2.24, 2.45) is 5.92 Å². The molecule has 0 unspecified atom stereocenters. The summed E-state index contributed by atoms with van der Waals surface area (Å²) in [5.74, 6) is -1.01. The molecular weight excluding hydrogens is 603 g/mol. The predicted molar refractivity (Wildman–Crippen MR) is 171 cm³/mol. The Hall–Kier alpha value is -4.36. The maximum Gasteiger partial charge on any atom is 0.270 e. The van der Waals surface area contributed by atoms with Gasteiger partial charge in [0.1, 0.15) is 17.6 Å². The Morgan fingerprint density at radius 1 is 1.13 bits per heavy atom. The summed E-state index contributed by atoms with van der Waals surface area (Å²) < 4.78 is 26.5. The average Bonchev–Trinajstić information content (AvgIpc) is 3.80. The van der Waals surface area contributed by atoms with Crippen molar-refractivity contribution < 1.29 is 28.3 Å². The lowest BCUT2D eigenvalue weighted by Crippen LogP contribution is -2.35. The second kappa shape index (κ2) is 14.6. The lowest BCUT2D eigenvalue weighted by atomic mass is 9.91. The zero-order valence-corrected chi connectivity index (χ0v) is 26.8. The number of amides is 1. The van der Waals surface area contributed by atoms with Gasteiger partial charge in [-0.15, -0.1) is 0 Å². The molecule has 1 N–H and O–H groups in total. The first-order valence-electron chi connectivity index (χ1n) is 15.8. The number of hydroxylamine groups is 2. The van der Waals surface area contributed by atoms with Crippen LogP contribution in [0.1, 0.15) is 51.8 Å². The maximum atomic E-state index is 14.1. The summed E-state index contributed by atoms with van der Waals surface area (Å²) in [5, 5.41) is 9.74. The number of carbonyl (C=O) groups is 2. The smallest absolute Gasteiger partial charge is 0.270 e. The van der Waals surface area contributed by atoms with Crippen molar-refractivity contribution in [1.29, 1.82) is 0 Å². The fourth-order valence-corrected chi connectivity index (χ4v) is 6.27. The van der Waals surface area contributed by atoms with Crippen LogP contribution in [0.4, 0.5) is 4.39 Å². The van der Waals surface area contributed by atoms with Crippen LogP contribution in [0.2, 0.25) is 0 Å². The minimum absolute atomic E-state index is 0.00988. The van der Waals surface area contributed by atoms with Crippen molar-refractivity contribution in [2.45, 2.75) is 45.3 Å². The molecule has 3 aromatic heterocycles. The number of halogens is 1. The number of para-hydroxylation sites is 1. The highest BCUT2D eigenvalue weighted by Gasteiger charge is 2.37. The Bertz CT molecular complexity index is 1720. The van der Waals surface area contributed by atoms with E-state index >= 15 is 0 Å². The van der Waals surface area contributed by atoms with Gasteiger partial charge in [-0.25, -0.2) is 9.67 Å². The van der Waals surface area contributed by atoms with Crippen LogP contribution in [0, 0.1) is 25.7 Å². The van der Waals surface area contributed by atoms with Crippen molar-refractivity contribution in [3.8, 4) is 16.9 Å². The fourth-order valence-electron chi connectivity index (χ4n) is 6.27. The molecule has 2 aliphatic heterocycles. The second-order valence-corrected chi connectivity index (χ2v) is 12.1. The molecule has 4 aromatic rings. The van der Waals surface area contributed by atoms with E-state index in [9.17, 15) is 14.0 Å². The minimum atomic E-state index is -0.594. The van der Waals surface area contributed by atoms with Crippen LogP contribution in [0.5, 0.6) is 0 Å². The zero-order chi connectivity index (χ0) is 32.9. The number of hydrogen-bond acceptors (Lipinski definition) is 9. The number of aryl methyl sites for hydroxylation is 1. The Morgan fingerprint density at radius 3 is 2.68 bits per heavy atom. The van der Waals surface area contributed by atoms with Crippen LogP contribution in [-0.2, 0) is 25.5 Å². The van der Waals surface area contributed by atoms with Gasteiger partial charge in [0.25, 0.3) is 5.91 Å². The van der Waals surface area contributed by atoms with Gasteiger partial charge in [0.05, 0.1) is 36.3 Å². The third-order valence-electron chi connectivity index (χ3n) is 8.68. The predicted octanol–water partition coefficient (Wildman–Crippen LogP) is 4.36. The first kappa shape index (κ1) is 32.6. The molecule has 5 heterocycles. The van der Waals surface area contributed by atoms with Crippen molar-refractivity contribution in [1.82, 2.24) is 30.1 Å². The number of rotatable bonds is 12. The third kappa shape index (κ3) is 7.46. The van der Waals surface area contributed by atoms with E-state index in [2.05, 4.69) is 15.3 Å². The molecule has 1 aromatic carbocycles. The molecule has 2 fully saturated rings. The number of carbonyl (C=O) groups excluding carboxylic acids is 2. The van der Waals surface area contributed by atoms with E-state index in [0.717, 1.165) is 34.5 Å². The number of ether oxygens (including phenoxy) is 2. The number of benzene rings is 1. The minimum Gasteiger partial charge on any atom is -0.383 e. The summed E-state index contributed by atoms with van der Waals surface area (Å²) in [5.41, 5.74) is 5.59. The van der Waals surface area contributed by atoms with Gasteiger partial charge >= 0.3 is 0 Å². The highest BCUT2D eigenvalue weighted by atomic mass is 19.1. The molecule has 3 atom stereocenters. The molecule has 12 heteroatoms. The Kier molecular flexibility index (Phi) is 10.1. The summed E-state index contributed by atoms with van der Waals surface area (Å²) in [6, 6.07) is 14.6. The van der Waals surface area contributed by atoms with Gasteiger partial charge in [0.15, 0.2) is 0 Å². The van der Waals surface area contributed by atoms with Crippen molar-refractivity contribution in [2.75, 3.05) is 40.0 Å². The van der Waals surface area contributed by atoms with Crippen LogP contribution < -0.4 is 5.32 Å². The standard InChI is InChI=1S/C35H39FN6O5/c1-22-15-25(19-38-32(22)35(44)39-27-10-13-46-21-27)33-23(2)30(42(40-33)28-7-5-4-6-8-28)18-29(43)16-26-20-41(12-14-45-3)47-34(26)24-9-11-37-31(36)17-24/h4-9,11,15,17,19,26-27,34H,10,12-14,16,18,20-21H2,1-3H3,(H,39,44)/t26-,27-,34+/m1/s1. The van der Waals surface area contributed by atoms with Crippen molar-refractivity contribution >= 4 is 11.7 Å². The van der Waals surface area contributed by atoms with E-state index < -0.39 is 12.1 Å². The molecule has 0 spiro atoms. The number of aromatic nitrogens is 4. The number of methoxy groups -OCH3 is 1. The van der Waals surface area contributed by atoms with Gasteiger partial charge in [0.2, 0.25) is 5.95 Å². The molecular formula is C35H39FN6O5. The average molecular weight is 643 g/mol. The maximum absolute atomic E-state index is 14.1. The fraction of sp³-hybridized carbons (Fsp3) is 0.400. The molecule has 2 saturated heterocycles. The van der Waals surface area contributed by atoms with E-state index in [1.807, 2.05) is 54.9 Å². The highest BCUT2D eigenvalue weighted by Crippen LogP contribution is 2.37. The van der Waals surface area contributed by atoms with Crippen LogP contribution >= 0.6 is 0 Å². The molecule has 0 aliphatic carbocycles. The van der Waals surface area contributed by atoms with Gasteiger partial charge in [-0.3, -0.25) is 19.4 Å². The van der Waals surface area contributed by atoms with Gasteiger partial charge in [-0.2, -0.15) is 14.6 Å².